The minimum Gasteiger partial charge on any atom is -0.350 e. The third-order valence-electron chi connectivity index (χ3n) is 7.05. The predicted molar refractivity (Wildman–Crippen MR) is 105 cm³/mol. The molecule has 162 valence electrons. The van der Waals surface area contributed by atoms with E-state index in [1.807, 2.05) is 0 Å². The number of carbonyl (C=O) groups excluding carboxylic acids is 2. The number of halogens is 1. The number of nitrogens with one attached hydrogen (secondary N) is 4. The summed E-state index contributed by atoms with van der Waals surface area (Å²) in [7, 11) is 0. The van der Waals surface area contributed by atoms with Gasteiger partial charge in [0.15, 0.2) is 0 Å². The lowest BCUT2D eigenvalue weighted by Gasteiger charge is -2.49. The van der Waals surface area contributed by atoms with Crippen molar-refractivity contribution in [2.45, 2.75) is 80.9 Å². The summed E-state index contributed by atoms with van der Waals surface area (Å²) >= 11 is 0. The molecule has 0 bridgehead atoms. The molecule has 3 amide bonds. The second-order valence-corrected chi connectivity index (χ2v) is 9.02. The first-order valence-corrected chi connectivity index (χ1v) is 10.7. The van der Waals surface area contributed by atoms with Gasteiger partial charge in [-0.15, -0.1) is 0 Å². The van der Waals surface area contributed by atoms with Crippen LogP contribution in [0.2, 0.25) is 0 Å². The summed E-state index contributed by atoms with van der Waals surface area (Å²) in [6.45, 7) is 2.02. The third-order valence-corrected chi connectivity index (χ3v) is 7.05. The fourth-order valence-electron chi connectivity index (χ4n) is 5.29. The van der Waals surface area contributed by atoms with Crippen molar-refractivity contribution < 1.29 is 14.0 Å². The fourth-order valence-corrected chi connectivity index (χ4v) is 5.29. The Morgan fingerprint density at radius 2 is 2.13 bits per heavy atom. The van der Waals surface area contributed by atoms with E-state index >= 15 is 0 Å². The van der Waals surface area contributed by atoms with E-state index in [4.69, 9.17) is 5.26 Å². The zero-order valence-corrected chi connectivity index (χ0v) is 17.0. The monoisotopic (exact) mass is 417 g/mol. The molecule has 4 fully saturated rings. The number of nitrogens with zero attached hydrogens (tertiary/aromatic N) is 3. The Balaban J connectivity index is 1.38. The van der Waals surface area contributed by atoms with Crippen molar-refractivity contribution in [2.75, 3.05) is 13.1 Å². The summed E-state index contributed by atoms with van der Waals surface area (Å²) in [5.41, 5.74) is -0.436. The Labute approximate surface area is 175 Å². The summed E-state index contributed by atoms with van der Waals surface area (Å²) < 4.78 is 14.4. The van der Waals surface area contributed by atoms with Gasteiger partial charge in [-0.25, -0.2) is 9.18 Å². The van der Waals surface area contributed by atoms with Crippen molar-refractivity contribution in [1.29, 1.82) is 10.5 Å². The number of fused-ring (bicyclic) bond motifs is 2. The fraction of sp³-hybridized carbons (Fsp3) is 0.800. The van der Waals surface area contributed by atoms with Crippen LogP contribution < -0.4 is 21.3 Å². The average molecular weight is 417 g/mol. The lowest BCUT2D eigenvalue weighted by Crippen LogP contribution is -2.73. The van der Waals surface area contributed by atoms with Crippen LogP contribution in [0.15, 0.2) is 0 Å². The lowest BCUT2D eigenvalue weighted by molar-refractivity contribution is -0.123. The maximum absolute atomic E-state index is 14.4. The van der Waals surface area contributed by atoms with E-state index in [0.717, 1.165) is 19.3 Å². The van der Waals surface area contributed by atoms with Gasteiger partial charge in [0.2, 0.25) is 5.91 Å². The van der Waals surface area contributed by atoms with Gasteiger partial charge in [0, 0.05) is 18.6 Å². The van der Waals surface area contributed by atoms with Crippen molar-refractivity contribution in [3.63, 3.8) is 0 Å². The zero-order valence-electron chi connectivity index (χ0n) is 17.0. The van der Waals surface area contributed by atoms with Crippen LogP contribution in [0.4, 0.5) is 9.18 Å². The van der Waals surface area contributed by atoms with Crippen LogP contribution >= 0.6 is 0 Å². The number of amides is 3. The Kier molecular flexibility index (Phi) is 5.56. The summed E-state index contributed by atoms with van der Waals surface area (Å²) in [6.07, 6.45) is 1.96. The molecule has 9 nitrogen and oxygen atoms in total. The van der Waals surface area contributed by atoms with Crippen LogP contribution in [-0.2, 0) is 4.79 Å². The van der Waals surface area contributed by atoms with Crippen molar-refractivity contribution in [3.05, 3.63) is 0 Å². The van der Waals surface area contributed by atoms with Crippen LogP contribution in [0.5, 0.6) is 0 Å². The molecule has 0 aromatic heterocycles. The maximum atomic E-state index is 14.4. The highest BCUT2D eigenvalue weighted by Crippen LogP contribution is 2.49. The largest absolute Gasteiger partial charge is 0.350 e. The van der Waals surface area contributed by atoms with E-state index in [1.54, 1.807) is 11.8 Å². The average Bonchev–Trinajstić information content (AvgIpc) is 3.52. The molecule has 7 atom stereocenters. The Bertz CT molecular complexity index is 789. The SMILES string of the molecule is C[C@@H](NC(=O)CN1C(=O)NC2CCC(C#N)NC2C12CC2)C1NCC(C#N)CC1F. The number of hydrogen-bond acceptors (Lipinski definition) is 6. The van der Waals surface area contributed by atoms with Gasteiger partial charge >= 0.3 is 6.03 Å². The smallest absolute Gasteiger partial charge is 0.318 e. The highest BCUT2D eigenvalue weighted by atomic mass is 19.1. The molecule has 0 aromatic carbocycles. The van der Waals surface area contributed by atoms with Gasteiger partial charge < -0.3 is 20.9 Å². The van der Waals surface area contributed by atoms with E-state index < -0.39 is 23.8 Å². The number of piperidine rings is 2. The second-order valence-electron chi connectivity index (χ2n) is 9.02. The van der Waals surface area contributed by atoms with Gasteiger partial charge in [0.05, 0.1) is 41.7 Å². The van der Waals surface area contributed by atoms with Crippen molar-refractivity contribution >= 4 is 11.9 Å². The number of alkyl halides is 1. The highest BCUT2D eigenvalue weighted by molar-refractivity contribution is 5.86. The minimum absolute atomic E-state index is 0.0327. The molecular weight excluding hydrogens is 389 g/mol. The van der Waals surface area contributed by atoms with Crippen LogP contribution in [0.3, 0.4) is 0 Å². The van der Waals surface area contributed by atoms with Gasteiger partial charge in [-0.3, -0.25) is 10.1 Å². The zero-order chi connectivity index (χ0) is 21.5. The first-order chi connectivity index (χ1) is 14.4. The minimum atomic E-state index is -1.22. The molecule has 3 saturated heterocycles. The lowest BCUT2D eigenvalue weighted by atomic mass is 9.85. The third kappa shape index (κ3) is 3.70. The molecule has 1 saturated carbocycles. The molecule has 3 heterocycles. The van der Waals surface area contributed by atoms with Crippen molar-refractivity contribution in [3.8, 4) is 12.1 Å². The molecule has 10 heteroatoms. The first kappa shape index (κ1) is 20.8. The van der Waals surface area contributed by atoms with Crippen LogP contribution in [0.25, 0.3) is 0 Å². The van der Waals surface area contributed by atoms with Crippen molar-refractivity contribution in [2.24, 2.45) is 5.92 Å². The van der Waals surface area contributed by atoms with E-state index in [2.05, 4.69) is 33.4 Å². The topological polar surface area (TPSA) is 133 Å². The van der Waals surface area contributed by atoms with Crippen LogP contribution in [-0.4, -0.2) is 71.8 Å². The van der Waals surface area contributed by atoms with Gasteiger partial charge in [-0.2, -0.15) is 10.5 Å². The molecule has 4 rings (SSSR count). The molecule has 0 aromatic rings. The quantitative estimate of drug-likeness (QED) is 0.505. The number of carbonyl (C=O) groups is 2. The number of nitriles is 2. The first-order valence-electron chi connectivity index (χ1n) is 10.7. The molecule has 4 aliphatic rings. The normalized spacial score (nSPS) is 37.9. The second kappa shape index (κ2) is 8.01. The van der Waals surface area contributed by atoms with E-state index in [9.17, 15) is 19.2 Å². The number of hydrogen-bond donors (Lipinski definition) is 4. The predicted octanol–water partition coefficient (Wildman–Crippen LogP) is -0.0985. The molecule has 4 N–H and O–H groups in total. The molecule has 6 unspecified atom stereocenters. The molecular formula is C20H28FN7O2. The molecule has 1 aliphatic carbocycles. The number of rotatable bonds is 4. The molecule has 0 radical (unpaired) electrons. The highest BCUT2D eigenvalue weighted by Gasteiger charge is 2.62. The van der Waals surface area contributed by atoms with Gasteiger partial charge in [0.25, 0.3) is 0 Å². The van der Waals surface area contributed by atoms with Crippen LogP contribution in [0.1, 0.15) is 39.0 Å². The molecule has 1 spiro atoms. The number of urea groups is 1. The Morgan fingerprint density at radius 3 is 2.77 bits per heavy atom. The van der Waals surface area contributed by atoms with E-state index in [0.29, 0.717) is 13.0 Å². The van der Waals surface area contributed by atoms with E-state index in [-0.39, 0.29) is 48.9 Å². The van der Waals surface area contributed by atoms with E-state index in [1.165, 1.54) is 0 Å². The maximum Gasteiger partial charge on any atom is 0.318 e. The van der Waals surface area contributed by atoms with Gasteiger partial charge in [-0.1, -0.05) is 0 Å². The van der Waals surface area contributed by atoms with Crippen LogP contribution in [0, 0.1) is 28.6 Å². The standard InChI is InChI=1S/C20H28FN7O2/c1-11(17-14(21)6-12(7-22)9-24-17)25-16(29)10-28-19(30)27-15-3-2-13(8-23)26-18(15)20(28)4-5-20/h11-15,17-18,24,26H,2-6,9-10H2,1H3,(H,25,29)(H,27,30)/t11-,12?,13?,14?,15?,17?,18?/m1/s1. The molecule has 30 heavy (non-hydrogen) atoms. The van der Waals surface area contributed by atoms with Crippen molar-refractivity contribution in [1.82, 2.24) is 26.2 Å². The summed E-state index contributed by atoms with van der Waals surface area (Å²) in [5.74, 6) is -0.703. The Hall–Kier alpha value is -2.43. The summed E-state index contributed by atoms with van der Waals surface area (Å²) in [5, 5.41) is 30.4. The Morgan fingerprint density at radius 1 is 1.37 bits per heavy atom. The van der Waals surface area contributed by atoms with Gasteiger partial charge in [-0.05, 0) is 39.0 Å². The van der Waals surface area contributed by atoms with Gasteiger partial charge in [0.1, 0.15) is 12.7 Å². The summed E-state index contributed by atoms with van der Waals surface area (Å²) in [4.78, 5) is 27.0. The summed E-state index contributed by atoms with van der Waals surface area (Å²) in [6, 6.07) is 2.70. The molecule has 3 aliphatic heterocycles.